The largest absolute Gasteiger partial charge is 0.465 e. The van der Waals surface area contributed by atoms with Crippen LogP contribution in [0, 0.1) is 7.11 Å². The van der Waals surface area contributed by atoms with E-state index in [9.17, 15) is 4.79 Å². The highest BCUT2D eigenvalue weighted by Gasteiger charge is 1.77. The predicted molar refractivity (Wildman–Crippen MR) is 23.3 cm³/mol. The lowest BCUT2D eigenvalue weighted by Gasteiger charge is -1.92. The van der Waals surface area contributed by atoms with Crippen molar-refractivity contribution < 1.29 is 14.3 Å². The maximum Gasteiger partial charge on any atom is 0.293 e. The molecule has 0 aromatic carbocycles. The molecule has 0 bridgehead atoms. The lowest BCUT2D eigenvalue weighted by Crippen LogP contribution is -1.97. The van der Waals surface area contributed by atoms with Gasteiger partial charge < -0.3 is 9.47 Å². The second-order valence-electron chi connectivity index (χ2n) is 0.875. The maximum absolute atomic E-state index is 9.38. The van der Waals surface area contributed by atoms with Crippen molar-refractivity contribution in [3.05, 3.63) is 7.11 Å². The molecule has 0 heterocycles. The van der Waals surface area contributed by atoms with E-state index in [2.05, 4.69) is 16.6 Å². The Bertz CT molecular complexity index is 44.2. The van der Waals surface area contributed by atoms with Gasteiger partial charge in [0, 0.05) is 0 Å². The minimum absolute atomic E-state index is 0.285. The highest BCUT2D eigenvalue weighted by Crippen LogP contribution is 1.68. The molecule has 0 amide bonds. The first kappa shape index (κ1) is 6.43. The highest BCUT2D eigenvalue weighted by atomic mass is 16.5. The molecule has 7 heavy (non-hydrogen) atoms. The van der Waals surface area contributed by atoms with Gasteiger partial charge in [-0.05, 0) is 0 Å². The second kappa shape index (κ2) is 5.43. The third-order valence-corrected chi connectivity index (χ3v) is 0.414. The summed E-state index contributed by atoms with van der Waals surface area (Å²) in [7, 11) is 3.06. The van der Waals surface area contributed by atoms with E-state index in [1.165, 1.54) is 0 Å². The summed E-state index contributed by atoms with van der Waals surface area (Å²) in [6, 6.07) is 0. The zero-order valence-corrected chi connectivity index (χ0v) is 3.92. The number of carbonyl (C=O) groups excluding carboxylic acids is 1. The molecule has 3 nitrogen and oxygen atoms in total. The average molecular weight is 103 g/mol. The predicted octanol–water partition coefficient (Wildman–Crippen LogP) is -0.0324. The molecule has 0 aliphatic rings. The Morgan fingerprint density at radius 2 is 2.29 bits per heavy atom. The van der Waals surface area contributed by atoms with Gasteiger partial charge >= 0.3 is 0 Å². The van der Waals surface area contributed by atoms with E-state index in [-0.39, 0.29) is 6.61 Å². The number of hydrogen-bond donors (Lipinski definition) is 0. The first-order valence-corrected chi connectivity index (χ1v) is 1.84. The minimum Gasteiger partial charge on any atom is -0.465 e. The van der Waals surface area contributed by atoms with Gasteiger partial charge in [0.15, 0.2) is 0 Å². The summed E-state index contributed by atoms with van der Waals surface area (Å²) >= 11 is 0. The molecule has 3 heteroatoms. The average Bonchev–Trinajstić information content (AvgIpc) is 1.69. The fourth-order valence-corrected chi connectivity index (χ4v) is 0.155. The van der Waals surface area contributed by atoms with E-state index in [1.807, 2.05) is 0 Å². The van der Waals surface area contributed by atoms with Crippen LogP contribution >= 0.6 is 0 Å². The van der Waals surface area contributed by atoms with Gasteiger partial charge in [-0.3, -0.25) is 4.79 Å². The fraction of sp³-hybridized carbons (Fsp3) is 0.500. The van der Waals surface area contributed by atoms with Crippen molar-refractivity contribution in [1.82, 2.24) is 0 Å². The molecule has 0 aliphatic carbocycles. The van der Waals surface area contributed by atoms with Gasteiger partial charge in [0.2, 0.25) is 0 Å². The molecule has 0 spiro atoms. The highest BCUT2D eigenvalue weighted by molar-refractivity contribution is 5.36. The Labute approximate surface area is 42.2 Å². The van der Waals surface area contributed by atoms with Crippen molar-refractivity contribution in [3.63, 3.8) is 0 Å². The van der Waals surface area contributed by atoms with Gasteiger partial charge in [-0.25, -0.2) is 0 Å². The van der Waals surface area contributed by atoms with Gasteiger partial charge in [0.05, 0.1) is 13.7 Å². The number of carbonyl (C=O) groups is 1. The van der Waals surface area contributed by atoms with Crippen LogP contribution in [0.4, 0.5) is 0 Å². The van der Waals surface area contributed by atoms with E-state index in [1.54, 1.807) is 0 Å². The quantitative estimate of drug-likeness (QED) is 0.370. The van der Waals surface area contributed by atoms with E-state index < -0.39 is 0 Å². The lowest BCUT2D eigenvalue weighted by atomic mass is 10.8. The van der Waals surface area contributed by atoms with Crippen molar-refractivity contribution in [2.24, 2.45) is 0 Å². The molecule has 0 unspecified atom stereocenters. The summed E-state index contributed by atoms with van der Waals surface area (Å²) in [5.41, 5.74) is 0. The lowest BCUT2D eigenvalue weighted by molar-refractivity contribution is -0.129. The van der Waals surface area contributed by atoms with Crippen molar-refractivity contribution in [2.45, 2.75) is 0 Å². The third kappa shape index (κ3) is 5.43. The van der Waals surface area contributed by atoms with Crippen molar-refractivity contribution in [1.29, 1.82) is 0 Å². The standard InChI is InChI=1S/C4H7O3/c1-6-2-3-7-4-5/h4H,1-3H2. The van der Waals surface area contributed by atoms with Crippen LogP contribution in [0.5, 0.6) is 0 Å². The maximum atomic E-state index is 9.38. The molecular weight excluding hydrogens is 96.0 g/mol. The Hall–Kier alpha value is -0.570. The first-order chi connectivity index (χ1) is 3.41. The molecule has 0 aromatic rings. The zero-order chi connectivity index (χ0) is 5.54. The second-order valence-corrected chi connectivity index (χ2v) is 0.875. The Morgan fingerprint density at radius 1 is 1.57 bits per heavy atom. The van der Waals surface area contributed by atoms with Gasteiger partial charge in [-0.15, -0.1) is 0 Å². The fourth-order valence-electron chi connectivity index (χ4n) is 0.155. The van der Waals surface area contributed by atoms with E-state index in [0.29, 0.717) is 13.1 Å². The summed E-state index contributed by atoms with van der Waals surface area (Å²) in [6.07, 6.45) is 0. The van der Waals surface area contributed by atoms with Crippen LogP contribution in [0.1, 0.15) is 0 Å². The van der Waals surface area contributed by atoms with Crippen LogP contribution in [-0.4, -0.2) is 19.7 Å². The van der Waals surface area contributed by atoms with Crippen molar-refractivity contribution >= 4 is 6.47 Å². The van der Waals surface area contributed by atoms with E-state index in [0.717, 1.165) is 0 Å². The SMILES string of the molecule is [CH2]OCCOC=O. The van der Waals surface area contributed by atoms with Crippen molar-refractivity contribution in [3.8, 4) is 0 Å². The molecule has 1 radical (unpaired) electrons. The molecule has 41 valence electrons. The molecule has 0 rings (SSSR count). The van der Waals surface area contributed by atoms with Crippen LogP contribution < -0.4 is 0 Å². The number of rotatable bonds is 4. The van der Waals surface area contributed by atoms with Crippen LogP contribution in [0.25, 0.3) is 0 Å². The molecule has 0 saturated heterocycles. The van der Waals surface area contributed by atoms with Gasteiger partial charge in [0.25, 0.3) is 6.47 Å². The van der Waals surface area contributed by atoms with E-state index in [4.69, 9.17) is 0 Å². The van der Waals surface area contributed by atoms with Gasteiger partial charge in [-0.2, -0.15) is 0 Å². The summed E-state index contributed by atoms with van der Waals surface area (Å²) < 4.78 is 8.54. The molecule has 0 N–H and O–H groups in total. The van der Waals surface area contributed by atoms with Crippen LogP contribution in [0.2, 0.25) is 0 Å². The summed E-state index contributed by atoms with van der Waals surface area (Å²) in [4.78, 5) is 9.38. The topological polar surface area (TPSA) is 35.5 Å². The smallest absolute Gasteiger partial charge is 0.293 e. The molecule has 0 aliphatic heterocycles. The van der Waals surface area contributed by atoms with Gasteiger partial charge in [-0.1, -0.05) is 0 Å². The van der Waals surface area contributed by atoms with Crippen LogP contribution in [0.15, 0.2) is 0 Å². The monoisotopic (exact) mass is 103 g/mol. The Balaban J connectivity index is 2.56. The summed E-state index contributed by atoms with van der Waals surface area (Å²) in [6.45, 7) is 1.02. The Morgan fingerprint density at radius 3 is 2.71 bits per heavy atom. The molecule has 0 saturated carbocycles. The van der Waals surface area contributed by atoms with Crippen LogP contribution in [0.3, 0.4) is 0 Å². The normalized spacial score (nSPS) is 8.14. The number of hydrogen-bond acceptors (Lipinski definition) is 3. The molecule has 0 atom stereocenters. The van der Waals surface area contributed by atoms with Crippen molar-refractivity contribution in [2.75, 3.05) is 13.2 Å². The van der Waals surface area contributed by atoms with E-state index >= 15 is 0 Å². The zero-order valence-electron chi connectivity index (χ0n) is 3.92. The summed E-state index contributed by atoms with van der Waals surface area (Å²) in [5, 5.41) is 0. The third-order valence-electron chi connectivity index (χ3n) is 0.414. The minimum atomic E-state index is 0.285. The van der Waals surface area contributed by atoms with Crippen LogP contribution in [-0.2, 0) is 14.3 Å². The molecular formula is C4H7O3. The first-order valence-electron chi connectivity index (χ1n) is 1.84. The Kier molecular flexibility index (Phi) is 4.99. The van der Waals surface area contributed by atoms with Gasteiger partial charge in [0.1, 0.15) is 6.61 Å². The molecule has 0 aromatic heterocycles. The summed E-state index contributed by atoms with van der Waals surface area (Å²) in [5.74, 6) is 0. The molecule has 0 fully saturated rings. The number of ether oxygens (including phenoxy) is 2.